The van der Waals surface area contributed by atoms with Crippen LogP contribution in [-0.4, -0.2) is 37.6 Å². The zero-order valence-corrected chi connectivity index (χ0v) is 16.6. The third-order valence-corrected chi connectivity index (χ3v) is 5.78. The summed E-state index contributed by atoms with van der Waals surface area (Å²) < 4.78 is 5.21. The molecule has 0 spiro atoms. The van der Waals surface area contributed by atoms with Crippen molar-refractivity contribution in [3.63, 3.8) is 0 Å². The van der Waals surface area contributed by atoms with Crippen molar-refractivity contribution in [2.75, 3.05) is 26.7 Å². The predicted octanol–water partition coefficient (Wildman–Crippen LogP) is 3.66. The number of benzene rings is 1. The molecule has 0 radical (unpaired) electrons. The Morgan fingerprint density at radius 3 is 2.20 bits per heavy atom. The van der Waals surface area contributed by atoms with Crippen molar-refractivity contribution in [2.45, 2.75) is 46.0 Å². The highest BCUT2D eigenvalue weighted by Gasteiger charge is 2.37. The topological polar surface area (TPSA) is 55.6 Å². The van der Waals surface area contributed by atoms with Crippen LogP contribution in [0.2, 0.25) is 0 Å². The van der Waals surface area contributed by atoms with Crippen molar-refractivity contribution in [3.05, 3.63) is 29.8 Å². The molecule has 2 rings (SSSR count). The molecule has 1 saturated heterocycles. The molecule has 5 heteroatoms. The van der Waals surface area contributed by atoms with E-state index in [1.807, 2.05) is 17.0 Å². The van der Waals surface area contributed by atoms with E-state index < -0.39 is 0 Å². The van der Waals surface area contributed by atoms with E-state index in [2.05, 4.69) is 26.0 Å². The lowest BCUT2D eigenvalue weighted by Crippen LogP contribution is -2.50. The lowest BCUT2D eigenvalue weighted by Gasteiger charge is -2.39. The van der Waals surface area contributed by atoms with Crippen LogP contribution in [0.4, 0.5) is 0 Å². The number of methoxy groups -OCH3 is 1. The normalized spacial score (nSPS) is 15.6. The van der Waals surface area contributed by atoms with E-state index in [1.54, 1.807) is 7.11 Å². The van der Waals surface area contributed by atoms with Gasteiger partial charge in [0.05, 0.1) is 12.5 Å². The first-order valence-corrected chi connectivity index (χ1v) is 9.21. The fourth-order valence-corrected chi connectivity index (χ4v) is 3.70. The zero-order chi connectivity index (χ0) is 17.6. The summed E-state index contributed by atoms with van der Waals surface area (Å²) in [5.41, 5.74) is 6.92. The van der Waals surface area contributed by atoms with Gasteiger partial charge < -0.3 is 15.4 Å². The zero-order valence-electron chi connectivity index (χ0n) is 15.8. The summed E-state index contributed by atoms with van der Waals surface area (Å²) in [4.78, 5) is 14.9. The summed E-state index contributed by atoms with van der Waals surface area (Å²) in [6.45, 7) is 6.32. The summed E-state index contributed by atoms with van der Waals surface area (Å²) in [5.74, 6) is 1.81. The van der Waals surface area contributed by atoms with Gasteiger partial charge in [-0.2, -0.15) is 0 Å². The molecule has 0 aliphatic carbocycles. The molecule has 1 fully saturated rings. The molecule has 1 amide bonds. The van der Waals surface area contributed by atoms with Crippen LogP contribution >= 0.6 is 12.4 Å². The van der Waals surface area contributed by atoms with Gasteiger partial charge >= 0.3 is 0 Å². The Labute approximate surface area is 158 Å². The van der Waals surface area contributed by atoms with Gasteiger partial charge in [0.25, 0.3) is 0 Å². The molecule has 0 atom stereocenters. The molecule has 142 valence electrons. The van der Waals surface area contributed by atoms with Gasteiger partial charge in [-0.3, -0.25) is 4.79 Å². The molecule has 1 aromatic rings. The van der Waals surface area contributed by atoms with Crippen LogP contribution in [-0.2, 0) is 11.2 Å². The highest BCUT2D eigenvalue weighted by atomic mass is 35.5. The van der Waals surface area contributed by atoms with E-state index in [4.69, 9.17) is 10.5 Å². The van der Waals surface area contributed by atoms with Gasteiger partial charge in [0.2, 0.25) is 5.91 Å². The second-order valence-electron chi connectivity index (χ2n) is 6.98. The minimum absolute atomic E-state index is 0. The third kappa shape index (κ3) is 5.11. The van der Waals surface area contributed by atoms with Gasteiger partial charge in [0.1, 0.15) is 5.75 Å². The number of hydrogen-bond donors (Lipinski definition) is 1. The second-order valence-corrected chi connectivity index (χ2v) is 6.98. The van der Waals surface area contributed by atoms with Crippen LogP contribution < -0.4 is 10.5 Å². The number of likely N-dealkylation sites (tertiary alicyclic amines) is 1. The van der Waals surface area contributed by atoms with Crippen molar-refractivity contribution in [1.29, 1.82) is 0 Å². The van der Waals surface area contributed by atoms with Crippen LogP contribution in [0.25, 0.3) is 0 Å². The number of amides is 1. The van der Waals surface area contributed by atoms with E-state index in [0.29, 0.717) is 12.5 Å². The standard InChI is InChI=1S/C20H32N2O2.ClH/c1-4-20(5-2,15-21)19(23)22-12-10-17(11-13-22)14-16-6-8-18(24-3)9-7-16;/h6-9,17H,4-5,10-15,21H2,1-3H3;1H. The van der Waals surface area contributed by atoms with E-state index in [1.165, 1.54) is 5.56 Å². The van der Waals surface area contributed by atoms with Gasteiger partial charge in [-0.05, 0) is 55.7 Å². The predicted molar refractivity (Wildman–Crippen MR) is 105 cm³/mol. The first-order valence-electron chi connectivity index (χ1n) is 9.21. The number of carbonyl (C=O) groups is 1. The number of nitrogens with two attached hydrogens (primary N) is 1. The molecule has 0 saturated carbocycles. The monoisotopic (exact) mass is 368 g/mol. The Hall–Kier alpha value is -1.26. The Kier molecular flexibility index (Phi) is 8.74. The molecule has 0 aromatic heterocycles. The third-order valence-electron chi connectivity index (χ3n) is 5.78. The van der Waals surface area contributed by atoms with E-state index in [0.717, 1.165) is 50.9 Å². The average Bonchev–Trinajstić information content (AvgIpc) is 2.65. The largest absolute Gasteiger partial charge is 0.497 e. The van der Waals surface area contributed by atoms with Crippen molar-refractivity contribution in [1.82, 2.24) is 4.90 Å². The Morgan fingerprint density at radius 1 is 1.20 bits per heavy atom. The molecule has 1 aromatic carbocycles. The van der Waals surface area contributed by atoms with Gasteiger partial charge in [-0.25, -0.2) is 0 Å². The molecule has 1 heterocycles. The number of rotatable bonds is 7. The number of nitrogens with zero attached hydrogens (tertiary/aromatic N) is 1. The van der Waals surface area contributed by atoms with Gasteiger partial charge in [-0.1, -0.05) is 26.0 Å². The van der Waals surface area contributed by atoms with Gasteiger partial charge in [0.15, 0.2) is 0 Å². The molecular weight excluding hydrogens is 336 g/mol. The summed E-state index contributed by atoms with van der Waals surface area (Å²) in [7, 11) is 1.69. The van der Waals surface area contributed by atoms with E-state index >= 15 is 0 Å². The first-order chi connectivity index (χ1) is 11.6. The maximum atomic E-state index is 12.9. The van der Waals surface area contributed by atoms with Crippen LogP contribution in [0.15, 0.2) is 24.3 Å². The molecule has 2 N–H and O–H groups in total. The van der Waals surface area contributed by atoms with E-state index in [-0.39, 0.29) is 23.7 Å². The molecule has 0 unspecified atom stereocenters. The number of halogens is 1. The number of hydrogen-bond acceptors (Lipinski definition) is 3. The van der Waals surface area contributed by atoms with E-state index in [9.17, 15) is 4.79 Å². The molecule has 25 heavy (non-hydrogen) atoms. The molecule has 4 nitrogen and oxygen atoms in total. The Bertz CT molecular complexity index is 513. The fraction of sp³-hybridized carbons (Fsp3) is 0.650. The summed E-state index contributed by atoms with van der Waals surface area (Å²) >= 11 is 0. The highest BCUT2D eigenvalue weighted by molar-refractivity contribution is 5.85. The Balaban J connectivity index is 0.00000312. The fourth-order valence-electron chi connectivity index (χ4n) is 3.70. The van der Waals surface area contributed by atoms with Gasteiger partial charge in [0, 0.05) is 19.6 Å². The quantitative estimate of drug-likeness (QED) is 0.798. The van der Waals surface area contributed by atoms with Gasteiger partial charge in [-0.15, -0.1) is 12.4 Å². The minimum atomic E-state index is -0.358. The maximum absolute atomic E-state index is 12.9. The maximum Gasteiger partial charge on any atom is 0.230 e. The van der Waals surface area contributed by atoms with Crippen molar-refractivity contribution < 1.29 is 9.53 Å². The van der Waals surface area contributed by atoms with Crippen LogP contribution in [0.3, 0.4) is 0 Å². The average molecular weight is 369 g/mol. The van der Waals surface area contributed by atoms with Crippen molar-refractivity contribution in [2.24, 2.45) is 17.1 Å². The molecule has 1 aliphatic heterocycles. The summed E-state index contributed by atoms with van der Waals surface area (Å²) in [6, 6.07) is 8.33. The van der Waals surface area contributed by atoms with Crippen molar-refractivity contribution >= 4 is 18.3 Å². The molecule has 1 aliphatic rings. The Morgan fingerprint density at radius 2 is 1.76 bits per heavy atom. The van der Waals surface area contributed by atoms with Crippen LogP contribution in [0, 0.1) is 11.3 Å². The lowest BCUT2D eigenvalue weighted by atomic mass is 9.80. The van der Waals surface area contributed by atoms with Crippen LogP contribution in [0.5, 0.6) is 5.75 Å². The molecule has 0 bridgehead atoms. The molecular formula is C20H33ClN2O2. The lowest BCUT2D eigenvalue weighted by molar-refractivity contribution is -0.143. The number of piperidine rings is 1. The number of ether oxygens (including phenoxy) is 1. The summed E-state index contributed by atoms with van der Waals surface area (Å²) in [6.07, 6.45) is 4.88. The summed E-state index contributed by atoms with van der Waals surface area (Å²) in [5, 5.41) is 0. The SMILES string of the molecule is CCC(CC)(CN)C(=O)N1CCC(Cc2ccc(OC)cc2)CC1.Cl. The van der Waals surface area contributed by atoms with Crippen molar-refractivity contribution in [3.8, 4) is 5.75 Å². The second kappa shape index (κ2) is 10.0. The smallest absolute Gasteiger partial charge is 0.230 e. The number of carbonyl (C=O) groups excluding carboxylic acids is 1. The van der Waals surface area contributed by atoms with Crippen LogP contribution in [0.1, 0.15) is 45.1 Å². The minimum Gasteiger partial charge on any atom is -0.497 e. The highest BCUT2D eigenvalue weighted by Crippen LogP contribution is 2.31. The first kappa shape index (κ1) is 21.8.